The minimum absolute atomic E-state index is 0.0301. The molecule has 0 radical (unpaired) electrons. The summed E-state index contributed by atoms with van der Waals surface area (Å²) in [6, 6.07) is 5.29. The summed E-state index contributed by atoms with van der Waals surface area (Å²) in [5.74, 6) is 0.254. The fraction of sp³-hybridized carbons (Fsp3) is 0.562. The highest BCUT2D eigenvalue weighted by Crippen LogP contribution is 2.23. The van der Waals surface area contributed by atoms with Crippen molar-refractivity contribution in [2.45, 2.75) is 31.7 Å². The van der Waals surface area contributed by atoms with Gasteiger partial charge in [-0.25, -0.2) is 0 Å². The lowest BCUT2D eigenvalue weighted by Crippen LogP contribution is -2.37. The van der Waals surface area contributed by atoms with Gasteiger partial charge in [-0.15, -0.1) is 0 Å². The molecule has 1 fully saturated rings. The summed E-state index contributed by atoms with van der Waals surface area (Å²) in [6.07, 6.45) is 5.11. The number of likely N-dealkylation sites (N-methyl/N-ethyl adjacent to an activating group) is 1. The number of phenolic OH excluding ortho intramolecular Hbond substituents is 1. The van der Waals surface area contributed by atoms with E-state index in [4.69, 9.17) is 4.74 Å². The Morgan fingerprint density at radius 3 is 2.81 bits per heavy atom. The smallest absolute Gasteiger partial charge is 0.255 e. The Kier molecular flexibility index (Phi) is 5.44. The molecule has 0 aliphatic heterocycles. The number of benzene rings is 1. The topological polar surface area (TPSA) is 61.8 Å². The number of carbonyl (C=O) groups is 1. The van der Waals surface area contributed by atoms with Crippen LogP contribution in [0.5, 0.6) is 11.5 Å². The summed E-state index contributed by atoms with van der Waals surface area (Å²) in [5.41, 5.74) is 0.248. The molecule has 0 heterocycles. The van der Waals surface area contributed by atoms with Crippen LogP contribution >= 0.6 is 0 Å². The first kappa shape index (κ1) is 15.6. The molecule has 1 aromatic carbocycles. The Bertz CT molecular complexity index is 484. The Balaban J connectivity index is 1.84. The van der Waals surface area contributed by atoms with Gasteiger partial charge in [-0.3, -0.25) is 4.79 Å². The first-order chi connectivity index (χ1) is 10.1. The number of aromatic hydroxyl groups is 1. The Hall–Kier alpha value is -1.75. The van der Waals surface area contributed by atoms with Crippen molar-refractivity contribution in [1.82, 2.24) is 10.2 Å². The van der Waals surface area contributed by atoms with Gasteiger partial charge in [0.05, 0.1) is 12.7 Å². The molecule has 0 unspecified atom stereocenters. The van der Waals surface area contributed by atoms with E-state index in [0.29, 0.717) is 18.3 Å². The number of hydrogen-bond donors (Lipinski definition) is 2. The van der Waals surface area contributed by atoms with Gasteiger partial charge in [0.15, 0.2) is 0 Å². The molecule has 1 aliphatic rings. The molecule has 0 bridgehead atoms. The molecule has 1 aliphatic carbocycles. The van der Waals surface area contributed by atoms with Gasteiger partial charge in [0.25, 0.3) is 5.91 Å². The van der Waals surface area contributed by atoms with E-state index in [9.17, 15) is 9.90 Å². The zero-order chi connectivity index (χ0) is 15.2. The molecular weight excluding hydrogens is 268 g/mol. The van der Waals surface area contributed by atoms with Crippen LogP contribution in [-0.2, 0) is 0 Å². The highest BCUT2D eigenvalue weighted by Gasteiger charge is 2.19. The molecule has 0 aromatic heterocycles. The molecule has 0 spiro atoms. The predicted molar refractivity (Wildman–Crippen MR) is 81.9 cm³/mol. The molecule has 5 heteroatoms. The summed E-state index contributed by atoms with van der Waals surface area (Å²) >= 11 is 0. The van der Waals surface area contributed by atoms with Crippen LogP contribution in [0.15, 0.2) is 18.2 Å². The van der Waals surface area contributed by atoms with Crippen molar-refractivity contribution in [1.29, 1.82) is 0 Å². The molecule has 1 saturated carbocycles. The number of methoxy groups -OCH3 is 1. The highest BCUT2D eigenvalue weighted by molar-refractivity contribution is 5.97. The van der Waals surface area contributed by atoms with Crippen molar-refractivity contribution in [3.8, 4) is 11.5 Å². The van der Waals surface area contributed by atoms with Crippen LogP contribution in [0.1, 0.15) is 36.0 Å². The van der Waals surface area contributed by atoms with E-state index < -0.39 is 0 Å². The number of phenols is 1. The first-order valence-corrected chi connectivity index (χ1v) is 7.47. The normalized spacial score (nSPS) is 15.4. The van der Waals surface area contributed by atoms with Gasteiger partial charge in [0.2, 0.25) is 0 Å². The van der Waals surface area contributed by atoms with Crippen LogP contribution in [0.3, 0.4) is 0 Å². The Labute approximate surface area is 125 Å². The largest absolute Gasteiger partial charge is 0.507 e. The maximum Gasteiger partial charge on any atom is 0.255 e. The van der Waals surface area contributed by atoms with Crippen LogP contribution in [-0.4, -0.2) is 49.2 Å². The SMILES string of the molecule is COc1ccc(O)c(C(=O)NCCN(C)C2CCCC2)c1. The van der Waals surface area contributed by atoms with Crippen LogP contribution in [0.2, 0.25) is 0 Å². The third kappa shape index (κ3) is 4.11. The second kappa shape index (κ2) is 7.31. The average molecular weight is 292 g/mol. The first-order valence-electron chi connectivity index (χ1n) is 7.47. The number of nitrogens with one attached hydrogen (secondary N) is 1. The maximum atomic E-state index is 12.1. The van der Waals surface area contributed by atoms with Crippen molar-refractivity contribution < 1.29 is 14.6 Å². The van der Waals surface area contributed by atoms with Gasteiger partial charge in [-0.05, 0) is 38.1 Å². The van der Waals surface area contributed by atoms with Crippen molar-refractivity contribution >= 4 is 5.91 Å². The van der Waals surface area contributed by atoms with Gasteiger partial charge >= 0.3 is 0 Å². The summed E-state index contributed by atoms with van der Waals surface area (Å²) in [4.78, 5) is 14.4. The highest BCUT2D eigenvalue weighted by atomic mass is 16.5. The van der Waals surface area contributed by atoms with Crippen molar-refractivity contribution in [2.75, 3.05) is 27.2 Å². The lowest BCUT2D eigenvalue weighted by atomic mass is 10.1. The summed E-state index contributed by atoms with van der Waals surface area (Å²) in [6.45, 7) is 1.39. The van der Waals surface area contributed by atoms with Gasteiger partial charge in [-0.2, -0.15) is 0 Å². The summed E-state index contributed by atoms with van der Waals surface area (Å²) in [5, 5.41) is 12.6. The van der Waals surface area contributed by atoms with Crippen molar-refractivity contribution in [3.63, 3.8) is 0 Å². The van der Waals surface area contributed by atoms with Gasteiger partial charge in [0.1, 0.15) is 11.5 Å². The van der Waals surface area contributed by atoms with Crippen LogP contribution in [0.25, 0.3) is 0 Å². The van der Waals surface area contributed by atoms with Crippen LogP contribution < -0.4 is 10.1 Å². The van der Waals surface area contributed by atoms with Crippen molar-refractivity contribution in [3.05, 3.63) is 23.8 Å². The number of hydrogen-bond acceptors (Lipinski definition) is 4. The Morgan fingerprint density at radius 1 is 1.43 bits per heavy atom. The third-order valence-electron chi connectivity index (χ3n) is 4.15. The van der Waals surface area contributed by atoms with E-state index in [1.54, 1.807) is 12.1 Å². The predicted octanol–water partition coefficient (Wildman–Crippen LogP) is 2.00. The standard InChI is InChI=1S/C16H24N2O3/c1-18(12-5-3-4-6-12)10-9-17-16(20)14-11-13(21-2)7-8-15(14)19/h7-8,11-12,19H,3-6,9-10H2,1-2H3,(H,17,20). The fourth-order valence-corrected chi connectivity index (χ4v) is 2.79. The lowest BCUT2D eigenvalue weighted by Gasteiger charge is -2.23. The summed E-state index contributed by atoms with van der Waals surface area (Å²) in [7, 11) is 3.63. The minimum atomic E-state index is -0.272. The molecule has 21 heavy (non-hydrogen) atoms. The maximum absolute atomic E-state index is 12.1. The third-order valence-corrected chi connectivity index (χ3v) is 4.15. The number of nitrogens with zero attached hydrogens (tertiary/aromatic N) is 1. The molecular formula is C16H24N2O3. The van der Waals surface area contributed by atoms with Gasteiger partial charge < -0.3 is 20.1 Å². The molecule has 1 aromatic rings. The Morgan fingerprint density at radius 2 is 2.14 bits per heavy atom. The molecule has 0 atom stereocenters. The van der Waals surface area contributed by atoms with E-state index in [2.05, 4.69) is 17.3 Å². The monoisotopic (exact) mass is 292 g/mol. The lowest BCUT2D eigenvalue weighted by molar-refractivity contribution is 0.0944. The van der Waals surface area contributed by atoms with E-state index >= 15 is 0 Å². The number of amides is 1. The molecule has 0 saturated heterocycles. The van der Waals surface area contributed by atoms with Gasteiger partial charge in [-0.1, -0.05) is 12.8 Å². The fourth-order valence-electron chi connectivity index (χ4n) is 2.79. The zero-order valence-electron chi connectivity index (χ0n) is 12.8. The van der Waals surface area contributed by atoms with E-state index in [-0.39, 0.29) is 17.2 Å². The molecule has 5 nitrogen and oxygen atoms in total. The number of ether oxygens (including phenoxy) is 1. The summed E-state index contributed by atoms with van der Waals surface area (Å²) < 4.78 is 5.07. The van der Waals surface area contributed by atoms with Crippen LogP contribution in [0.4, 0.5) is 0 Å². The average Bonchev–Trinajstić information content (AvgIpc) is 3.01. The number of carbonyl (C=O) groups excluding carboxylic acids is 1. The molecule has 2 N–H and O–H groups in total. The van der Waals surface area contributed by atoms with E-state index in [1.807, 2.05) is 0 Å². The van der Waals surface area contributed by atoms with E-state index in [0.717, 1.165) is 6.54 Å². The number of rotatable bonds is 6. The second-order valence-corrected chi connectivity index (χ2v) is 5.56. The molecule has 1 amide bonds. The van der Waals surface area contributed by atoms with Gasteiger partial charge in [0, 0.05) is 19.1 Å². The molecule has 2 rings (SSSR count). The minimum Gasteiger partial charge on any atom is -0.507 e. The van der Waals surface area contributed by atoms with E-state index in [1.165, 1.54) is 38.9 Å². The van der Waals surface area contributed by atoms with Crippen LogP contribution in [0, 0.1) is 0 Å². The molecule has 116 valence electrons. The second-order valence-electron chi connectivity index (χ2n) is 5.56. The quantitative estimate of drug-likeness (QED) is 0.842. The van der Waals surface area contributed by atoms with Crippen molar-refractivity contribution in [2.24, 2.45) is 0 Å². The zero-order valence-corrected chi connectivity index (χ0v) is 12.8.